The van der Waals surface area contributed by atoms with Crippen LogP contribution in [-0.2, 0) is 0 Å². The van der Waals surface area contributed by atoms with Crippen LogP contribution in [0.2, 0.25) is 0 Å². The first-order valence-corrected chi connectivity index (χ1v) is 7.72. The van der Waals surface area contributed by atoms with Crippen LogP contribution in [0.4, 0.5) is 0 Å². The van der Waals surface area contributed by atoms with Gasteiger partial charge in [-0.05, 0) is 51.5 Å². The van der Waals surface area contributed by atoms with E-state index >= 15 is 0 Å². The van der Waals surface area contributed by atoms with E-state index in [-0.39, 0.29) is 0 Å². The van der Waals surface area contributed by atoms with Crippen LogP contribution in [0.15, 0.2) is 0 Å². The summed E-state index contributed by atoms with van der Waals surface area (Å²) >= 11 is 0. The Morgan fingerprint density at radius 3 is 2.24 bits per heavy atom. The fourth-order valence-corrected chi connectivity index (χ4v) is 4.53. The van der Waals surface area contributed by atoms with Crippen LogP contribution in [0.5, 0.6) is 0 Å². The van der Waals surface area contributed by atoms with Crippen LogP contribution < -0.4 is 5.32 Å². The molecule has 3 rings (SSSR count). The van der Waals surface area contributed by atoms with Crippen molar-refractivity contribution >= 4 is 0 Å². The van der Waals surface area contributed by atoms with Gasteiger partial charge in [-0.15, -0.1) is 0 Å². The Morgan fingerprint density at radius 1 is 0.941 bits per heavy atom. The van der Waals surface area contributed by atoms with Crippen molar-refractivity contribution in [3.8, 4) is 0 Å². The molecule has 4 unspecified atom stereocenters. The summed E-state index contributed by atoms with van der Waals surface area (Å²) in [5.41, 5.74) is 0. The van der Waals surface area contributed by atoms with Gasteiger partial charge in [0, 0.05) is 24.2 Å². The largest absolute Gasteiger partial charge is 0.311 e. The minimum atomic E-state index is 0.833. The van der Waals surface area contributed by atoms with Crippen molar-refractivity contribution < 1.29 is 0 Å². The fraction of sp³-hybridized carbons (Fsp3) is 1.00. The molecule has 3 fully saturated rings. The summed E-state index contributed by atoms with van der Waals surface area (Å²) in [6.45, 7) is 2.47. The summed E-state index contributed by atoms with van der Waals surface area (Å²) in [6, 6.07) is 3.39. The van der Waals surface area contributed by atoms with Gasteiger partial charge in [-0.3, -0.25) is 0 Å². The standard InChI is InChI=1S/C15H28N2/c1-11-5-3-4-6-15(11)17(2)14-9-12-7-8-13(10-14)16-12/h11-16H,3-10H2,1-2H3. The summed E-state index contributed by atoms with van der Waals surface area (Å²) in [5.74, 6) is 0.918. The number of nitrogens with zero attached hydrogens (tertiary/aromatic N) is 1. The van der Waals surface area contributed by atoms with Crippen LogP contribution in [0.1, 0.15) is 58.3 Å². The van der Waals surface area contributed by atoms with Gasteiger partial charge in [0.1, 0.15) is 0 Å². The van der Waals surface area contributed by atoms with Crippen molar-refractivity contribution in [2.75, 3.05) is 7.05 Å². The smallest absolute Gasteiger partial charge is 0.0125 e. The monoisotopic (exact) mass is 236 g/mol. The highest BCUT2D eigenvalue weighted by molar-refractivity contribution is 4.97. The number of hydrogen-bond acceptors (Lipinski definition) is 2. The van der Waals surface area contributed by atoms with Gasteiger partial charge in [-0.2, -0.15) is 0 Å². The lowest BCUT2D eigenvalue weighted by Gasteiger charge is -2.43. The summed E-state index contributed by atoms with van der Waals surface area (Å²) in [4.78, 5) is 2.76. The topological polar surface area (TPSA) is 15.3 Å². The van der Waals surface area contributed by atoms with E-state index < -0.39 is 0 Å². The highest BCUT2D eigenvalue weighted by Crippen LogP contribution is 2.34. The van der Waals surface area contributed by atoms with Gasteiger partial charge < -0.3 is 10.2 Å². The lowest BCUT2D eigenvalue weighted by atomic mass is 9.83. The van der Waals surface area contributed by atoms with Gasteiger partial charge in [0.05, 0.1) is 0 Å². The zero-order chi connectivity index (χ0) is 11.8. The lowest BCUT2D eigenvalue weighted by Crippen LogP contribution is -2.52. The molecule has 0 radical (unpaired) electrons. The average Bonchev–Trinajstić information content (AvgIpc) is 2.68. The molecular formula is C15H28N2. The molecule has 0 aromatic carbocycles. The second kappa shape index (κ2) is 4.89. The number of hydrogen-bond donors (Lipinski definition) is 1. The van der Waals surface area contributed by atoms with Crippen molar-refractivity contribution in [1.82, 2.24) is 10.2 Å². The van der Waals surface area contributed by atoms with E-state index in [1.807, 2.05) is 0 Å². The molecule has 1 N–H and O–H groups in total. The zero-order valence-electron chi connectivity index (χ0n) is 11.5. The predicted molar refractivity (Wildman–Crippen MR) is 72.2 cm³/mol. The third kappa shape index (κ3) is 2.39. The van der Waals surface area contributed by atoms with Crippen LogP contribution in [0.25, 0.3) is 0 Å². The van der Waals surface area contributed by atoms with E-state index in [4.69, 9.17) is 0 Å². The van der Waals surface area contributed by atoms with E-state index in [1.165, 1.54) is 51.4 Å². The summed E-state index contributed by atoms with van der Waals surface area (Å²) in [5, 5.41) is 3.76. The Morgan fingerprint density at radius 2 is 1.59 bits per heavy atom. The summed E-state index contributed by atoms with van der Waals surface area (Å²) in [6.07, 6.45) is 11.5. The molecule has 1 aliphatic carbocycles. The maximum atomic E-state index is 3.76. The van der Waals surface area contributed by atoms with Crippen LogP contribution in [0, 0.1) is 5.92 Å². The molecule has 1 saturated carbocycles. The van der Waals surface area contributed by atoms with E-state index in [0.29, 0.717) is 0 Å². The molecule has 2 aliphatic heterocycles. The minimum absolute atomic E-state index is 0.833. The molecule has 3 aliphatic rings. The number of nitrogens with one attached hydrogen (secondary N) is 1. The van der Waals surface area contributed by atoms with Gasteiger partial charge in [0.15, 0.2) is 0 Å². The third-order valence-corrected chi connectivity index (χ3v) is 5.61. The van der Waals surface area contributed by atoms with Crippen LogP contribution in [0.3, 0.4) is 0 Å². The highest BCUT2D eigenvalue weighted by Gasteiger charge is 2.38. The Bertz CT molecular complexity index is 254. The maximum Gasteiger partial charge on any atom is 0.0125 e. The van der Waals surface area contributed by atoms with Crippen molar-refractivity contribution in [3.63, 3.8) is 0 Å². The predicted octanol–water partition coefficient (Wildman–Crippen LogP) is 2.78. The van der Waals surface area contributed by atoms with E-state index in [2.05, 4.69) is 24.2 Å². The molecule has 0 spiro atoms. The maximum absolute atomic E-state index is 3.76. The molecule has 0 amide bonds. The first-order chi connectivity index (χ1) is 8.24. The van der Waals surface area contributed by atoms with Crippen LogP contribution in [-0.4, -0.2) is 36.1 Å². The molecule has 4 atom stereocenters. The fourth-order valence-electron chi connectivity index (χ4n) is 4.53. The Labute approximate surface area is 106 Å². The molecular weight excluding hydrogens is 208 g/mol. The second-order valence-electron chi connectivity index (χ2n) is 6.76. The van der Waals surface area contributed by atoms with Gasteiger partial charge in [-0.25, -0.2) is 0 Å². The van der Waals surface area contributed by atoms with Crippen molar-refractivity contribution in [2.24, 2.45) is 5.92 Å². The highest BCUT2D eigenvalue weighted by atomic mass is 15.2. The second-order valence-corrected chi connectivity index (χ2v) is 6.76. The molecule has 2 nitrogen and oxygen atoms in total. The molecule has 0 aromatic heterocycles. The first-order valence-electron chi connectivity index (χ1n) is 7.72. The van der Waals surface area contributed by atoms with Crippen molar-refractivity contribution in [2.45, 2.75) is 82.5 Å². The van der Waals surface area contributed by atoms with Gasteiger partial charge in [-0.1, -0.05) is 19.8 Å². The Balaban J connectivity index is 1.63. The quantitative estimate of drug-likeness (QED) is 0.793. The molecule has 2 bridgehead atoms. The summed E-state index contributed by atoms with van der Waals surface area (Å²) < 4.78 is 0. The van der Waals surface area contributed by atoms with Crippen molar-refractivity contribution in [3.05, 3.63) is 0 Å². The molecule has 98 valence electrons. The Hall–Kier alpha value is -0.0800. The third-order valence-electron chi connectivity index (χ3n) is 5.61. The number of piperidine rings is 1. The van der Waals surface area contributed by atoms with Crippen molar-refractivity contribution in [1.29, 1.82) is 0 Å². The average molecular weight is 236 g/mol. The molecule has 0 aromatic rings. The van der Waals surface area contributed by atoms with E-state index in [0.717, 1.165) is 30.1 Å². The molecule has 2 heteroatoms. The molecule has 17 heavy (non-hydrogen) atoms. The van der Waals surface area contributed by atoms with E-state index in [1.54, 1.807) is 0 Å². The first kappa shape index (κ1) is 12.0. The molecule has 2 heterocycles. The lowest BCUT2D eigenvalue weighted by molar-refractivity contribution is 0.0704. The minimum Gasteiger partial charge on any atom is -0.311 e. The van der Waals surface area contributed by atoms with Gasteiger partial charge in [0.25, 0.3) is 0 Å². The zero-order valence-corrected chi connectivity index (χ0v) is 11.5. The number of rotatable bonds is 2. The van der Waals surface area contributed by atoms with E-state index in [9.17, 15) is 0 Å². The molecule has 2 saturated heterocycles. The van der Waals surface area contributed by atoms with Crippen LogP contribution >= 0.6 is 0 Å². The van der Waals surface area contributed by atoms with Gasteiger partial charge in [0.2, 0.25) is 0 Å². The number of fused-ring (bicyclic) bond motifs is 2. The summed E-state index contributed by atoms with van der Waals surface area (Å²) in [7, 11) is 2.40. The Kier molecular flexibility index (Phi) is 3.45. The SMILES string of the molecule is CC1CCCCC1N(C)C1CC2CCC(C1)N2. The normalized spacial score (nSPS) is 46.4. The van der Waals surface area contributed by atoms with Gasteiger partial charge >= 0.3 is 0 Å².